The maximum atomic E-state index is 5.39. The monoisotopic (exact) mass is 164 g/mol. The first-order valence-corrected chi connectivity index (χ1v) is 4.17. The van der Waals surface area contributed by atoms with Crippen LogP contribution in [-0.2, 0) is 4.84 Å². The molecule has 2 rings (SSSR count). The van der Waals surface area contributed by atoms with Gasteiger partial charge >= 0.3 is 0 Å². The van der Waals surface area contributed by atoms with Crippen molar-refractivity contribution in [2.45, 2.75) is 6.92 Å². The van der Waals surface area contributed by atoms with Crippen molar-refractivity contribution >= 4 is 0 Å². The molecule has 3 nitrogen and oxygen atoms in total. The minimum Gasteiger partial charge on any atom is -0.380 e. The summed E-state index contributed by atoms with van der Waals surface area (Å²) in [6.45, 7) is 3.57. The fourth-order valence-electron chi connectivity index (χ4n) is 1.36. The second kappa shape index (κ2) is 3.03. The lowest BCUT2D eigenvalue weighted by Crippen LogP contribution is -2.21. The van der Waals surface area contributed by atoms with E-state index in [-0.39, 0.29) is 0 Å². The molecule has 2 aliphatic heterocycles. The Morgan fingerprint density at radius 1 is 1.67 bits per heavy atom. The van der Waals surface area contributed by atoms with Crippen molar-refractivity contribution in [3.05, 3.63) is 35.8 Å². The smallest absolute Gasteiger partial charge is 0.0897 e. The first-order valence-electron chi connectivity index (χ1n) is 4.17. The van der Waals surface area contributed by atoms with Gasteiger partial charge in [0, 0.05) is 12.7 Å². The van der Waals surface area contributed by atoms with E-state index in [1.165, 1.54) is 0 Å². The molecule has 12 heavy (non-hydrogen) atoms. The molecule has 0 fully saturated rings. The van der Waals surface area contributed by atoms with Crippen LogP contribution in [0, 0.1) is 0 Å². The highest BCUT2D eigenvalue weighted by molar-refractivity contribution is 5.39. The summed E-state index contributed by atoms with van der Waals surface area (Å²) in [6, 6.07) is 0. The van der Waals surface area contributed by atoms with E-state index in [2.05, 4.69) is 11.4 Å². The second-order valence-electron chi connectivity index (χ2n) is 2.64. The first kappa shape index (κ1) is 7.43. The van der Waals surface area contributed by atoms with Crippen molar-refractivity contribution in [2.75, 3.05) is 13.2 Å². The Bertz CT molecular complexity index is 266. The predicted octanol–water partition coefficient (Wildman–Crippen LogP) is 1.14. The number of hydroxylamine groups is 2. The average Bonchev–Trinajstić information content (AvgIpc) is 2.53. The third-order valence-electron chi connectivity index (χ3n) is 1.85. The fraction of sp³-hybridized carbons (Fsp3) is 0.333. The van der Waals surface area contributed by atoms with Crippen LogP contribution in [0.1, 0.15) is 6.92 Å². The molecular formula is C9H12N2O. The number of fused-ring (bicyclic) bond motifs is 1. The van der Waals surface area contributed by atoms with Crippen LogP contribution < -0.4 is 5.32 Å². The zero-order valence-corrected chi connectivity index (χ0v) is 7.08. The van der Waals surface area contributed by atoms with E-state index >= 15 is 0 Å². The van der Waals surface area contributed by atoms with Gasteiger partial charge in [0.1, 0.15) is 0 Å². The molecule has 2 aliphatic rings. The molecule has 3 heteroatoms. The van der Waals surface area contributed by atoms with Crippen LogP contribution in [0.15, 0.2) is 35.8 Å². The van der Waals surface area contributed by atoms with Crippen molar-refractivity contribution in [3.63, 3.8) is 0 Å². The van der Waals surface area contributed by atoms with Crippen LogP contribution >= 0.6 is 0 Å². The largest absolute Gasteiger partial charge is 0.380 e. The second-order valence-corrected chi connectivity index (χ2v) is 2.64. The van der Waals surface area contributed by atoms with E-state index in [4.69, 9.17) is 4.84 Å². The van der Waals surface area contributed by atoms with E-state index < -0.39 is 0 Å². The lowest BCUT2D eigenvalue weighted by Gasteiger charge is -2.23. The summed E-state index contributed by atoms with van der Waals surface area (Å²) in [5, 5.41) is 5.04. The van der Waals surface area contributed by atoms with E-state index in [9.17, 15) is 0 Å². The van der Waals surface area contributed by atoms with E-state index in [0.717, 1.165) is 17.9 Å². The minimum atomic E-state index is 0.689. The van der Waals surface area contributed by atoms with Crippen LogP contribution in [0.3, 0.4) is 0 Å². The van der Waals surface area contributed by atoms with Crippen LogP contribution in [0.4, 0.5) is 0 Å². The normalized spacial score (nSPS) is 19.9. The Kier molecular flexibility index (Phi) is 1.87. The standard InChI is InChI=1S/C9H12N2O/c1-2-12-11-7-3-4-8-9(11)5-6-10-8/h3-5,7,10H,2,6H2,1H3. The fourth-order valence-corrected chi connectivity index (χ4v) is 1.36. The molecule has 0 unspecified atom stereocenters. The summed E-state index contributed by atoms with van der Waals surface area (Å²) < 4.78 is 0. The molecule has 0 saturated heterocycles. The Balaban J connectivity index is 2.18. The highest BCUT2D eigenvalue weighted by Crippen LogP contribution is 2.21. The molecule has 0 radical (unpaired) electrons. The van der Waals surface area contributed by atoms with Crippen LogP contribution in [0.5, 0.6) is 0 Å². The van der Waals surface area contributed by atoms with Crippen molar-refractivity contribution < 1.29 is 4.84 Å². The summed E-state index contributed by atoms with van der Waals surface area (Å²) in [5.41, 5.74) is 2.27. The summed E-state index contributed by atoms with van der Waals surface area (Å²) in [7, 11) is 0. The topological polar surface area (TPSA) is 24.5 Å². The molecule has 0 aromatic heterocycles. The van der Waals surface area contributed by atoms with Gasteiger partial charge in [0.15, 0.2) is 0 Å². The number of rotatable bonds is 2. The maximum absolute atomic E-state index is 5.39. The van der Waals surface area contributed by atoms with Crippen molar-refractivity contribution in [3.8, 4) is 0 Å². The third kappa shape index (κ3) is 1.12. The molecule has 0 saturated carbocycles. The number of hydrogen-bond acceptors (Lipinski definition) is 3. The van der Waals surface area contributed by atoms with Crippen LogP contribution in [0.2, 0.25) is 0 Å². The van der Waals surface area contributed by atoms with E-state index in [1.54, 1.807) is 5.06 Å². The van der Waals surface area contributed by atoms with Crippen LogP contribution in [0.25, 0.3) is 0 Å². The first-order chi connectivity index (χ1) is 5.92. The molecule has 0 aliphatic carbocycles. The van der Waals surface area contributed by atoms with Gasteiger partial charge in [-0.25, -0.2) is 5.06 Å². The Morgan fingerprint density at radius 3 is 3.42 bits per heavy atom. The molecule has 0 atom stereocenters. The molecule has 0 aromatic rings. The van der Waals surface area contributed by atoms with Gasteiger partial charge in [-0.15, -0.1) is 0 Å². The molecule has 1 N–H and O–H groups in total. The number of nitrogens with one attached hydrogen (secondary N) is 1. The molecule has 0 spiro atoms. The molecule has 0 aromatic carbocycles. The zero-order valence-electron chi connectivity index (χ0n) is 7.08. The third-order valence-corrected chi connectivity index (χ3v) is 1.85. The minimum absolute atomic E-state index is 0.689. The van der Waals surface area contributed by atoms with Crippen molar-refractivity contribution in [1.82, 2.24) is 10.4 Å². The predicted molar refractivity (Wildman–Crippen MR) is 46.8 cm³/mol. The maximum Gasteiger partial charge on any atom is 0.0897 e. The molecule has 0 amide bonds. The van der Waals surface area contributed by atoms with Crippen molar-refractivity contribution in [2.24, 2.45) is 0 Å². The Hall–Kier alpha value is -1.22. The Labute approximate surface area is 72.0 Å². The molecule has 64 valence electrons. The summed E-state index contributed by atoms with van der Waals surface area (Å²) in [4.78, 5) is 5.39. The summed E-state index contributed by atoms with van der Waals surface area (Å²) in [6.07, 6.45) is 8.06. The quantitative estimate of drug-likeness (QED) is 0.662. The van der Waals surface area contributed by atoms with Gasteiger partial charge in [-0.2, -0.15) is 0 Å². The van der Waals surface area contributed by atoms with Gasteiger partial charge in [0.05, 0.1) is 18.0 Å². The average molecular weight is 164 g/mol. The lowest BCUT2D eigenvalue weighted by molar-refractivity contribution is -0.0845. The summed E-state index contributed by atoms with van der Waals surface area (Å²) in [5.74, 6) is 0. The van der Waals surface area contributed by atoms with Gasteiger partial charge in [-0.1, -0.05) is 0 Å². The molecular weight excluding hydrogens is 152 g/mol. The number of hydrogen-bond donors (Lipinski definition) is 1. The number of nitrogens with zero attached hydrogens (tertiary/aromatic N) is 1. The van der Waals surface area contributed by atoms with Gasteiger partial charge in [-0.05, 0) is 25.2 Å². The van der Waals surface area contributed by atoms with Crippen molar-refractivity contribution in [1.29, 1.82) is 0 Å². The van der Waals surface area contributed by atoms with Gasteiger partial charge in [0.2, 0.25) is 0 Å². The molecule has 0 bridgehead atoms. The lowest BCUT2D eigenvalue weighted by atomic mass is 10.3. The number of allylic oxidation sites excluding steroid dienone is 2. The van der Waals surface area contributed by atoms with E-state index in [1.807, 2.05) is 25.3 Å². The zero-order chi connectivity index (χ0) is 8.39. The van der Waals surface area contributed by atoms with E-state index in [0.29, 0.717) is 6.61 Å². The van der Waals surface area contributed by atoms with Crippen LogP contribution in [-0.4, -0.2) is 18.2 Å². The van der Waals surface area contributed by atoms with Gasteiger partial charge < -0.3 is 5.32 Å². The SMILES string of the molecule is CCON1C=CC=C2NCC=C21. The van der Waals surface area contributed by atoms with Gasteiger partial charge in [-0.3, -0.25) is 4.84 Å². The Morgan fingerprint density at radius 2 is 2.58 bits per heavy atom. The highest BCUT2D eigenvalue weighted by atomic mass is 16.7. The summed E-state index contributed by atoms with van der Waals surface area (Å²) >= 11 is 0. The van der Waals surface area contributed by atoms with Gasteiger partial charge in [0.25, 0.3) is 0 Å². The molecule has 2 heterocycles. The highest BCUT2D eigenvalue weighted by Gasteiger charge is 2.18.